The fraction of sp³-hybridized carbons (Fsp3) is 0.154. The molecule has 0 radical (unpaired) electrons. The van der Waals surface area contributed by atoms with E-state index in [1.165, 1.54) is 6.08 Å². The van der Waals surface area contributed by atoms with Crippen LogP contribution in [0.5, 0.6) is 0 Å². The molecule has 18 heavy (non-hydrogen) atoms. The predicted octanol–water partition coefficient (Wildman–Crippen LogP) is 4.05. The van der Waals surface area contributed by atoms with Gasteiger partial charge in [0.15, 0.2) is 0 Å². The Kier molecular flexibility index (Phi) is 3.94. The minimum Gasteiger partial charge on any atom is -0.463 e. The van der Waals surface area contributed by atoms with Crippen molar-refractivity contribution in [2.24, 2.45) is 0 Å². The van der Waals surface area contributed by atoms with E-state index >= 15 is 0 Å². The third-order valence-electron chi connectivity index (χ3n) is 2.43. The number of carbonyl (C=O) groups is 1. The van der Waals surface area contributed by atoms with Gasteiger partial charge in [-0.3, -0.25) is 0 Å². The van der Waals surface area contributed by atoms with Gasteiger partial charge in [-0.15, -0.1) is 0 Å². The zero-order chi connectivity index (χ0) is 13.1. The molecule has 0 aliphatic rings. The highest BCUT2D eigenvalue weighted by Crippen LogP contribution is 2.29. The van der Waals surface area contributed by atoms with Crippen molar-refractivity contribution in [2.45, 2.75) is 6.92 Å². The lowest BCUT2D eigenvalue weighted by Crippen LogP contribution is -1.98. The number of hydrogen-bond acceptors (Lipinski definition) is 2. The highest BCUT2D eigenvalue weighted by atomic mass is 35.5. The van der Waals surface area contributed by atoms with E-state index in [2.05, 4.69) is 4.98 Å². The molecule has 0 aliphatic heterocycles. The lowest BCUT2D eigenvalue weighted by Gasteiger charge is -1.95. The number of fused-ring (bicyclic) bond motifs is 1. The number of nitrogens with one attached hydrogen (secondary N) is 1. The van der Waals surface area contributed by atoms with Crippen molar-refractivity contribution >= 4 is 46.2 Å². The molecule has 1 heterocycles. The number of benzene rings is 1. The van der Waals surface area contributed by atoms with Crippen LogP contribution in [0.1, 0.15) is 12.5 Å². The molecule has 0 saturated carbocycles. The Labute approximate surface area is 114 Å². The number of ether oxygens (including phenoxy) is 1. The molecule has 0 atom stereocenters. The number of hydrogen-bond donors (Lipinski definition) is 1. The lowest BCUT2D eigenvalue weighted by atomic mass is 10.1. The molecule has 1 N–H and O–H groups in total. The van der Waals surface area contributed by atoms with Crippen molar-refractivity contribution in [1.82, 2.24) is 4.98 Å². The first kappa shape index (κ1) is 13.0. The van der Waals surface area contributed by atoms with Crippen LogP contribution in [0.2, 0.25) is 10.2 Å². The molecule has 0 aliphatic carbocycles. The van der Waals surface area contributed by atoms with E-state index in [4.69, 9.17) is 27.9 Å². The second-order valence-electron chi connectivity index (χ2n) is 3.63. The van der Waals surface area contributed by atoms with Crippen molar-refractivity contribution in [2.75, 3.05) is 6.61 Å². The Bertz CT molecular complexity index is 617. The summed E-state index contributed by atoms with van der Waals surface area (Å²) in [6, 6.07) is 5.41. The molecule has 5 heteroatoms. The average molecular weight is 284 g/mol. The van der Waals surface area contributed by atoms with E-state index in [0.717, 1.165) is 16.5 Å². The summed E-state index contributed by atoms with van der Waals surface area (Å²) in [6.45, 7) is 2.10. The van der Waals surface area contributed by atoms with E-state index in [1.54, 1.807) is 25.1 Å². The fourth-order valence-electron chi connectivity index (χ4n) is 1.66. The number of rotatable bonds is 3. The molecule has 3 nitrogen and oxygen atoms in total. The first-order valence-corrected chi connectivity index (χ1v) is 6.19. The van der Waals surface area contributed by atoms with Gasteiger partial charge in [0.1, 0.15) is 5.15 Å². The van der Waals surface area contributed by atoms with E-state index in [9.17, 15) is 4.79 Å². The second-order valence-corrected chi connectivity index (χ2v) is 4.44. The molecule has 0 amide bonds. The average Bonchev–Trinajstić information content (AvgIpc) is 2.61. The van der Waals surface area contributed by atoms with Gasteiger partial charge in [-0.2, -0.15) is 0 Å². The summed E-state index contributed by atoms with van der Waals surface area (Å²) in [5.74, 6) is -0.392. The van der Waals surface area contributed by atoms with E-state index < -0.39 is 5.97 Å². The van der Waals surface area contributed by atoms with E-state index in [0.29, 0.717) is 16.8 Å². The van der Waals surface area contributed by atoms with Crippen LogP contribution < -0.4 is 0 Å². The number of H-pyrrole nitrogens is 1. The molecule has 0 spiro atoms. The van der Waals surface area contributed by atoms with Gasteiger partial charge >= 0.3 is 5.97 Å². The smallest absolute Gasteiger partial charge is 0.330 e. The normalized spacial score (nSPS) is 11.3. The minimum atomic E-state index is -0.392. The SMILES string of the molecule is CCOC(=O)C=Cc1c(Cl)[nH]c2cc(Cl)ccc12. The highest BCUT2D eigenvalue weighted by Gasteiger charge is 2.08. The van der Waals surface area contributed by atoms with Crippen LogP contribution in [0.4, 0.5) is 0 Å². The summed E-state index contributed by atoms with van der Waals surface area (Å²) in [6.07, 6.45) is 2.99. The molecule has 1 aromatic heterocycles. The van der Waals surface area contributed by atoms with Gasteiger partial charge in [-0.05, 0) is 25.1 Å². The zero-order valence-corrected chi connectivity index (χ0v) is 11.2. The monoisotopic (exact) mass is 283 g/mol. The maximum Gasteiger partial charge on any atom is 0.330 e. The van der Waals surface area contributed by atoms with E-state index in [1.807, 2.05) is 6.07 Å². The summed E-state index contributed by atoms with van der Waals surface area (Å²) >= 11 is 12.0. The second kappa shape index (κ2) is 5.46. The fourth-order valence-corrected chi connectivity index (χ4v) is 2.10. The van der Waals surface area contributed by atoms with Gasteiger partial charge in [0, 0.05) is 27.6 Å². The van der Waals surface area contributed by atoms with Crippen LogP contribution >= 0.6 is 23.2 Å². The Hall–Kier alpha value is -1.45. The van der Waals surface area contributed by atoms with Crippen LogP contribution in [0, 0.1) is 0 Å². The quantitative estimate of drug-likeness (QED) is 0.682. The third-order valence-corrected chi connectivity index (χ3v) is 2.96. The molecule has 2 aromatic rings. The minimum absolute atomic E-state index is 0.348. The summed E-state index contributed by atoms with van der Waals surface area (Å²) in [5, 5.41) is 2.00. The topological polar surface area (TPSA) is 42.1 Å². The maximum atomic E-state index is 11.3. The van der Waals surface area contributed by atoms with Gasteiger partial charge in [0.2, 0.25) is 0 Å². The Morgan fingerprint density at radius 3 is 2.94 bits per heavy atom. The van der Waals surface area contributed by atoms with Gasteiger partial charge in [0.25, 0.3) is 0 Å². The van der Waals surface area contributed by atoms with Gasteiger partial charge in [0.05, 0.1) is 6.61 Å². The molecule has 0 saturated heterocycles. The number of carbonyl (C=O) groups excluding carboxylic acids is 1. The van der Waals surface area contributed by atoms with Gasteiger partial charge in [-0.25, -0.2) is 4.79 Å². The Morgan fingerprint density at radius 1 is 1.44 bits per heavy atom. The molecule has 94 valence electrons. The Morgan fingerprint density at radius 2 is 2.22 bits per heavy atom. The number of aromatic amines is 1. The molecular formula is C13H11Cl2NO2. The third kappa shape index (κ3) is 2.68. The maximum absolute atomic E-state index is 11.3. The standard InChI is InChI=1S/C13H11Cl2NO2/c1-2-18-12(17)6-5-10-9-4-3-8(14)7-11(9)16-13(10)15/h3-7,16H,2H2,1H3. The van der Waals surface area contributed by atoms with Crippen molar-refractivity contribution in [1.29, 1.82) is 0 Å². The summed E-state index contributed by atoms with van der Waals surface area (Å²) in [5.41, 5.74) is 1.58. The van der Waals surface area contributed by atoms with E-state index in [-0.39, 0.29) is 0 Å². The summed E-state index contributed by atoms with van der Waals surface area (Å²) in [4.78, 5) is 14.3. The number of esters is 1. The van der Waals surface area contributed by atoms with Crippen molar-refractivity contribution in [3.63, 3.8) is 0 Å². The first-order valence-electron chi connectivity index (χ1n) is 5.43. The molecule has 0 bridgehead atoms. The van der Waals surface area contributed by atoms with Crippen LogP contribution in [0.3, 0.4) is 0 Å². The molecule has 0 unspecified atom stereocenters. The lowest BCUT2D eigenvalue weighted by molar-refractivity contribution is -0.137. The van der Waals surface area contributed by atoms with Crippen molar-refractivity contribution < 1.29 is 9.53 Å². The summed E-state index contributed by atoms with van der Waals surface area (Å²) in [7, 11) is 0. The first-order chi connectivity index (χ1) is 8.61. The largest absolute Gasteiger partial charge is 0.463 e. The van der Waals surface area contributed by atoms with Crippen molar-refractivity contribution in [3.8, 4) is 0 Å². The Balaban J connectivity index is 2.39. The molecule has 0 fully saturated rings. The highest BCUT2D eigenvalue weighted by molar-refractivity contribution is 6.34. The molecule has 1 aromatic carbocycles. The molecular weight excluding hydrogens is 273 g/mol. The number of aromatic nitrogens is 1. The van der Waals surface area contributed by atoms with Gasteiger partial charge < -0.3 is 9.72 Å². The van der Waals surface area contributed by atoms with Crippen LogP contribution in [-0.4, -0.2) is 17.6 Å². The van der Waals surface area contributed by atoms with Gasteiger partial charge in [-0.1, -0.05) is 29.3 Å². The van der Waals surface area contributed by atoms with Crippen LogP contribution in [0.25, 0.3) is 17.0 Å². The predicted molar refractivity (Wildman–Crippen MR) is 74.0 cm³/mol. The molecule has 2 rings (SSSR count). The number of halogens is 2. The van der Waals surface area contributed by atoms with Crippen LogP contribution in [-0.2, 0) is 9.53 Å². The van der Waals surface area contributed by atoms with Crippen LogP contribution in [0.15, 0.2) is 24.3 Å². The zero-order valence-electron chi connectivity index (χ0n) is 9.67. The van der Waals surface area contributed by atoms with Crippen molar-refractivity contribution in [3.05, 3.63) is 40.0 Å². The summed E-state index contributed by atoms with van der Waals surface area (Å²) < 4.78 is 4.81.